The van der Waals surface area contributed by atoms with E-state index in [1.807, 2.05) is 21.6 Å². The monoisotopic (exact) mass is 162 g/mol. The van der Waals surface area contributed by atoms with Crippen molar-refractivity contribution in [2.45, 2.75) is 31.8 Å². The van der Waals surface area contributed by atoms with Gasteiger partial charge in [-0.1, -0.05) is 48.2 Å². The molecule has 0 aromatic carbocycles. The largest absolute Gasteiger partial charge is 0.101 e. The van der Waals surface area contributed by atoms with Crippen LogP contribution in [0.3, 0.4) is 0 Å². The van der Waals surface area contributed by atoms with E-state index < -0.39 is 0 Å². The molecule has 9 heavy (non-hydrogen) atoms. The number of hydrogen-bond donors (Lipinski definition) is 0. The zero-order valence-electron chi connectivity index (χ0n) is 6.52. The summed E-state index contributed by atoms with van der Waals surface area (Å²) in [5.41, 5.74) is 0. The Hall–Kier alpha value is 0.765. The Labute approximate surface area is 67.4 Å². The van der Waals surface area contributed by atoms with Crippen molar-refractivity contribution in [3.8, 4) is 0 Å². The van der Waals surface area contributed by atoms with E-state index in [1.165, 1.54) is 18.5 Å². The van der Waals surface area contributed by atoms with Crippen LogP contribution >= 0.6 is 21.6 Å². The van der Waals surface area contributed by atoms with Crippen molar-refractivity contribution in [3.05, 3.63) is 0 Å². The maximum Gasteiger partial charge on any atom is 0.101 e. The Bertz CT molecular complexity index is 57.0. The molecule has 0 nitrogen and oxygen atoms in total. The second-order valence-corrected chi connectivity index (χ2v) is 5.38. The van der Waals surface area contributed by atoms with Gasteiger partial charge in [0.15, 0.2) is 0 Å². The molecule has 0 fully saturated rings. The molecular weight excluding hydrogens is 147 g/mol. The minimum atomic E-state index is 0.784. The van der Waals surface area contributed by atoms with Crippen LogP contribution in [0.15, 0.2) is 0 Å². The van der Waals surface area contributed by atoms with Crippen molar-refractivity contribution in [2.24, 2.45) is 0 Å². The van der Waals surface area contributed by atoms with Crippen molar-refractivity contribution in [1.29, 1.82) is 0 Å². The van der Waals surface area contributed by atoms with Crippen LogP contribution in [0.2, 0.25) is 6.32 Å². The summed E-state index contributed by atoms with van der Waals surface area (Å²) in [6.45, 7) is 4.48. The van der Waals surface area contributed by atoms with Crippen LogP contribution in [0.1, 0.15) is 20.3 Å². The van der Waals surface area contributed by atoms with Crippen molar-refractivity contribution in [1.82, 2.24) is 0 Å². The Morgan fingerprint density at radius 1 is 1.44 bits per heavy atom. The number of hydrogen-bond acceptors (Lipinski definition) is 2. The molecule has 0 amide bonds. The topological polar surface area (TPSA) is 0 Å². The Balaban J connectivity index is 2.75. The van der Waals surface area contributed by atoms with Gasteiger partial charge in [-0.05, 0) is 0 Å². The molecule has 0 radical (unpaired) electrons. The van der Waals surface area contributed by atoms with E-state index in [9.17, 15) is 0 Å². The SMILES string of the molecule is BCCCSSC(C)C. The van der Waals surface area contributed by atoms with Gasteiger partial charge in [-0.2, -0.15) is 0 Å². The fourth-order valence-electron chi connectivity index (χ4n) is 0.387. The van der Waals surface area contributed by atoms with Crippen molar-refractivity contribution in [2.75, 3.05) is 5.75 Å². The van der Waals surface area contributed by atoms with Crippen LogP contribution in [0.5, 0.6) is 0 Å². The van der Waals surface area contributed by atoms with Gasteiger partial charge in [0.25, 0.3) is 0 Å². The Morgan fingerprint density at radius 3 is 2.56 bits per heavy atom. The molecule has 0 spiro atoms. The third kappa shape index (κ3) is 8.76. The highest BCUT2D eigenvalue weighted by Gasteiger charge is 1.92. The quantitative estimate of drug-likeness (QED) is 0.345. The summed E-state index contributed by atoms with van der Waals surface area (Å²) in [7, 11) is 6.23. The fourth-order valence-corrected chi connectivity index (χ4v) is 2.62. The summed E-state index contributed by atoms with van der Waals surface area (Å²) in [6, 6.07) is 0. The van der Waals surface area contributed by atoms with Crippen molar-refractivity contribution >= 4 is 29.4 Å². The molecule has 0 aliphatic carbocycles. The molecule has 3 heteroatoms. The highest BCUT2D eigenvalue weighted by atomic mass is 33.1. The average molecular weight is 162 g/mol. The summed E-state index contributed by atoms with van der Waals surface area (Å²) in [4.78, 5) is 0. The van der Waals surface area contributed by atoms with Crippen LogP contribution < -0.4 is 0 Å². The first-order chi connectivity index (χ1) is 4.27. The summed E-state index contributed by atoms with van der Waals surface area (Å²) >= 11 is 0. The molecule has 0 bridgehead atoms. The lowest BCUT2D eigenvalue weighted by atomic mass is 10.0. The van der Waals surface area contributed by atoms with Gasteiger partial charge in [0.1, 0.15) is 7.85 Å². The van der Waals surface area contributed by atoms with Gasteiger partial charge >= 0.3 is 0 Å². The second-order valence-electron chi connectivity index (χ2n) is 2.32. The number of rotatable bonds is 5. The summed E-state index contributed by atoms with van der Waals surface area (Å²) in [5, 5.41) is 0.784. The molecule has 0 aromatic heterocycles. The van der Waals surface area contributed by atoms with E-state index in [0.717, 1.165) is 5.25 Å². The lowest BCUT2D eigenvalue weighted by Crippen LogP contribution is -1.82. The van der Waals surface area contributed by atoms with Crippen LogP contribution in [0, 0.1) is 0 Å². The fraction of sp³-hybridized carbons (Fsp3) is 1.00. The van der Waals surface area contributed by atoms with E-state index in [0.29, 0.717) is 0 Å². The maximum absolute atomic E-state index is 2.24. The van der Waals surface area contributed by atoms with Crippen LogP contribution in [0.25, 0.3) is 0 Å². The van der Waals surface area contributed by atoms with Gasteiger partial charge in [-0.3, -0.25) is 0 Å². The second kappa shape index (κ2) is 6.88. The van der Waals surface area contributed by atoms with E-state index in [2.05, 4.69) is 21.7 Å². The molecule has 0 heterocycles. The van der Waals surface area contributed by atoms with Gasteiger partial charge in [-0.15, -0.1) is 0 Å². The standard InChI is InChI=1S/C6H15BS2/c1-6(2)9-8-5-3-4-7/h6H,3-5,7H2,1-2H3. The third-order valence-electron chi connectivity index (χ3n) is 0.842. The molecule has 0 aromatic rings. The van der Waals surface area contributed by atoms with Gasteiger partial charge in [0, 0.05) is 11.0 Å². The van der Waals surface area contributed by atoms with E-state index in [4.69, 9.17) is 0 Å². The van der Waals surface area contributed by atoms with Gasteiger partial charge in [0.2, 0.25) is 0 Å². The van der Waals surface area contributed by atoms with Gasteiger partial charge < -0.3 is 0 Å². The normalized spacial score (nSPS) is 10.6. The molecule has 0 aliphatic rings. The summed E-state index contributed by atoms with van der Waals surface area (Å²) in [6.07, 6.45) is 2.69. The minimum Gasteiger partial charge on any atom is -0.0939 e. The zero-order chi connectivity index (χ0) is 7.11. The molecule has 0 unspecified atom stereocenters. The van der Waals surface area contributed by atoms with E-state index in [1.54, 1.807) is 0 Å². The maximum atomic E-state index is 2.24. The minimum absolute atomic E-state index is 0.784. The predicted octanol–water partition coefficient (Wildman–Crippen LogP) is 2.22. The molecule has 0 N–H and O–H groups in total. The van der Waals surface area contributed by atoms with Crippen LogP contribution in [-0.2, 0) is 0 Å². The Morgan fingerprint density at radius 2 is 2.11 bits per heavy atom. The lowest BCUT2D eigenvalue weighted by Gasteiger charge is -2.01. The zero-order valence-corrected chi connectivity index (χ0v) is 8.15. The molecule has 0 saturated carbocycles. The predicted molar refractivity (Wildman–Crippen MR) is 53.2 cm³/mol. The molecule has 0 aliphatic heterocycles. The first-order valence-electron chi connectivity index (χ1n) is 3.55. The van der Waals surface area contributed by atoms with Gasteiger partial charge in [-0.25, -0.2) is 0 Å². The molecule has 0 saturated heterocycles. The summed E-state index contributed by atoms with van der Waals surface area (Å²) in [5.74, 6) is 1.32. The third-order valence-corrected chi connectivity index (χ3v) is 3.88. The first kappa shape index (κ1) is 9.76. The highest BCUT2D eigenvalue weighted by molar-refractivity contribution is 8.76. The molecular formula is C6H15BS2. The first-order valence-corrected chi connectivity index (χ1v) is 5.93. The summed E-state index contributed by atoms with van der Waals surface area (Å²) < 4.78 is 0. The Kier molecular flexibility index (Phi) is 7.46. The highest BCUT2D eigenvalue weighted by Crippen LogP contribution is 2.26. The van der Waals surface area contributed by atoms with Crippen molar-refractivity contribution in [3.63, 3.8) is 0 Å². The molecule has 0 atom stereocenters. The van der Waals surface area contributed by atoms with E-state index >= 15 is 0 Å². The van der Waals surface area contributed by atoms with Crippen LogP contribution in [0.4, 0.5) is 0 Å². The smallest absolute Gasteiger partial charge is 0.0939 e. The van der Waals surface area contributed by atoms with E-state index in [-0.39, 0.29) is 0 Å². The average Bonchev–Trinajstić information content (AvgIpc) is 1.80. The van der Waals surface area contributed by atoms with Gasteiger partial charge in [0.05, 0.1) is 0 Å². The molecule has 0 rings (SSSR count). The van der Waals surface area contributed by atoms with Crippen molar-refractivity contribution < 1.29 is 0 Å². The lowest BCUT2D eigenvalue weighted by molar-refractivity contribution is 1.10. The molecule has 54 valence electrons. The van der Waals surface area contributed by atoms with Crippen LogP contribution in [-0.4, -0.2) is 18.8 Å².